The van der Waals surface area contributed by atoms with Gasteiger partial charge < -0.3 is 9.90 Å². The fraction of sp³-hybridized carbons (Fsp3) is 0.0769. The number of fused-ring (bicyclic) bond motifs is 1. The van der Waals surface area contributed by atoms with Gasteiger partial charge in [-0.25, -0.2) is 19.3 Å². The molecule has 3 rings (SSSR count). The summed E-state index contributed by atoms with van der Waals surface area (Å²) >= 11 is 0. The van der Waals surface area contributed by atoms with Crippen LogP contribution in [0.2, 0.25) is 0 Å². The van der Waals surface area contributed by atoms with Crippen molar-refractivity contribution in [2.75, 3.05) is 0 Å². The molecule has 0 aliphatic carbocycles. The van der Waals surface area contributed by atoms with Crippen molar-refractivity contribution in [1.82, 2.24) is 19.1 Å². The van der Waals surface area contributed by atoms with E-state index in [2.05, 4.69) is 9.97 Å². The first kappa shape index (κ1) is 12.1. The monoisotopic (exact) mass is 269 g/mol. The number of imidazole rings is 1. The van der Waals surface area contributed by atoms with Gasteiger partial charge in [-0.1, -0.05) is 12.1 Å². The minimum atomic E-state index is -1.32. The Morgan fingerprint density at radius 2 is 1.95 bits per heavy atom. The number of carbonyl (C=O) groups is 1. The molecule has 0 aliphatic rings. The predicted molar refractivity (Wildman–Crippen MR) is 68.1 cm³/mol. The van der Waals surface area contributed by atoms with E-state index < -0.39 is 18.2 Å². The van der Waals surface area contributed by atoms with Gasteiger partial charge in [-0.15, -0.1) is 0 Å². The van der Waals surface area contributed by atoms with Gasteiger partial charge in [0, 0.05) is 6.20 Å². The summed E-state index contributed by atoms with van der Waals surface area (Å²) in [5, 5.41) is 10.8. The van der Waals surface area contributed by atoms with E-state index in [0.717, 1.165) is 4.57 Å². The number of nitrogens with zero attached hydrogens (tertiary/aromatic N) is 4. The number of para-hydroxylation sites is 2. The standard InChI is InChI=1S/C13H10N4O3/c18-12(19)7-16-9-3-1-2-4-10(9)17(13(16)20)11-5-6-14-8-15-11/h1-6,8H,7H2,(H,18,19)/p-1. The average molecular weight is 269 g/mol. The highest BCUT2D eigenvalue weighted by Gasteiger charge is 2.14. The summed E-state index contributed by atoms with van der Waals surface area (Å²) in [7, 11) is 0. The van der Waals surface area contributed by atoms with Crippen LogP contribution >= 0.6 is 0 Å². The summed E-state index contributed by atoms with van der Waals surface area (Å²) in [4.78, 5) is 31.0. The molecule has 0 amide bonds. The molecule has 2 heterocycles. The third-order valence-electron chi connectivity index (χ3n) is 2.92. The average Bonchev–Trinajstić information content (AvgIpc) is 2.72. The van der Waals surface area contributed by atoms with Gasteiger partial charge in [0.05, 0.1) is 23.5 Å². The molecule has 0 spiro atoms. The molecule has 0 bridgehead atoms. The fourth-order valence-corrected chi connectivity index (χ4v) is 2.13. The molecule has 7 heteroatoms. The van der Waals surface area contributed by atoms with Gasteiger partial charge in [-0.2, -0.15) is 0 Å². The Labute approximate surface area is 112 Å². The zero-order valence-electron chi connectivity index (χ0n) is 10.3. The minimum absolute atomic E-state index is 0.387. The van der Waals surface area contributed by atoms with Gasteiger partial charge in [0.25, 0.3) is 0 Å². The van der Waals surface area contributed by atoms with Crippen molar-refractivity contribution >= 4 is 17.0 Å². The molecule has 0 atom stereocenters. The highest BCUT2D eigenvalue weighted by atomic mass is 16.4. The lowest BCUT2D eigenvalue weighted by Crippen LogP contribution is -2.33. The summed E-state index contributed by atoms with van der Waals surface area (Å²) in [6, 6.07) is 8.49. The molecule has 100 valence electrons. The van der Waals surface area contributed by atoms with E-state index in [0.29, 0.717) is 16.9 Å². The number of benzene rings is 1. The van der Waals surface area contributed by atoms with Gasteiger partial charge in [0.1, 0.15) is 12.1 Å². The van der Waals surface area contributed by atoms with E-state index in [-0.39, 0.29) is 0 Å². The Balaban J connectivity index is 2.36. The van der Waals surface area contributed by atoms with Crippen molar-refractivity contribution in [3.05, 3.63) is 53.3 Å². The van der Waals surface area contributed by atoms with E-state index in [9.17, 15) is 14.7 Å². The van der Waals surface area contributed by atoms with Gasteiger partial charge in [0.2, 0.25) is 0 Å². The molecule has 0 saturated heterocycles. The maximum Gasteiger partial charge on any atom is 0.335 e. The molecule has 0 unspecified atom stereocenters. The summed E-state index contributed by atoms with van der Waals surface area (Å²) < 4.78 is 2.49. The maximum atomic E-state index is 12.4. The first-order valence-electron chi connectivity index (χ1n) is 5.85. The first-order valence-corrected chi connectivity index (χ1v) is 5.85. The van der Waals surface area contributed by atoms with E-state index in [1.54, 1.807) is 30.3 Å². The van der Waals surface area contributed by atoms with Gasteiger partial charge >= 0.3 is 5.69 Å². The molecular weight excluding hydrogens is 260 g/mol. The molecule has 0 saturated carbocycles. The Morgan fingerprint density at radius 1 is 1.20 bits per heavy atom. The molecule has 2 aromatic heterocycles. The van der Waals surface area contributed by atoms with E-state index >= 15 is 0 Å². The van der Waals surface area contributed by atoms with E-state index in [1.807, 2.05) is 0 Å². The highest BCUT2D eigenvalue weighted by molar-refractivity contribution is 5.79. The third-order valence-corrected chi connectivity index (χ3v) is 2.92. The molecule has 0 radical (unpaired) electrons. The molecule has 0 N–H and O–H groups in total. The SMILES string of the molecule is O=C([O-])Cn1c(=O)n(-c2ccncn2)c2ccccc21. The summed E-state index contributed by atoms with van der Waals surface area (Å²) in [5.74, 6) is -0.934. The normalized spacial score (nSPS) is 10.8. The first-order chi connectivity index (χ1) is 9.68. The molecule has 20 heavy (non-hydrogen) atoms. The number of hydrogen-bond acceptors (Lipinski definition) is 5. The van der Waals surface area contributed by atoms with Crippen molar-refractivity contribution in [2.24, 2.45) is 0 Å². The quantitative estimate of drug-likeness (QED) is 0.628. The van der Waals surface area contributed by atoms with Crippen molar-refractivity contribution in [3.63, 3.8) is 0 Å². The Morgan fingerprint density at radius 3 is 2.60 bits per heavy atom. The van der Waals surface area contributed by atoms with Crippen molar-refractivity contribution in [2.45, 2.75) is 6.54 Å². The third kappa shape index (κ3) is 1.85. The van der Waals surface area contributed by atoms with Gasteiger partial charge in [-0.05, 0) is 18.2 Å². The van der Waals surface area contributed by atoms with Crippen LogP contribution in [-0.2, 0) is 11.3 Å². The van der Waals surface area contributed by atoms with Crippen LogP contribution < -0.4 is 10.8 Å². The Hall–Kier alpha value is -2.96. The lowest BCUT2D eigenvalue weighted by molar-refractivity contribution is -0.306. The van der Waals surface area contributed by atoms with Crippen molar-refractivity contribution in [1.29, 1.82) is 0 Å². The Bertz CT molecular complexity index is 836. The van der Waals surface area contributed by atoms with Crippen LogP contribution in [-0.4, -0.2) is 25.1 Å². The maximum absolute atomic E-state index is 12.4. The number of rotatable bonds is 3. The lowest BCUT2D eigenvalue weighted by atomic mass is 10.3. The molecule has 7 nitrogen and oxygen atoms in total. The second-order valence-electron chi connectivity index (χ2n) is 4.13. The van der Waals surface area contributed by atoms with E-state index in [4.69, 9.17) is 0 Å². The van der Waals surface area contributed by atoms with Crippen molar-refractivity contribution < 1.29 is 9.90 Å². The summed E-state index contributed by atoms with van der Waals surface area (Å²) in [5.41, 5.74) is 0.617. The second kappa shape index (κ2) is 4.61. The zero-order chi connectivity index (χ0) is 14.1. The van der Waals surface area contributed by atoms with E-state index in [1.165, 1.54) is 17.1 Å². The lowest BCUT2D eigenvalue weighted by Gasteiger charge is -2.03. The summed E-state index contributed by atoms with van der Waals surface area (Å²) in [6.45, 7) is -0.503. The number of hydrogen-bond donors (Lipinski definition) is 0. The van der Waals surface area contributed by atoms with Crippen LogP contribution in [0.15, 0.2) is 47.7 Å². The molecule has 0 fully saturated rings. The predicted octanol–water partition coefficient (Wildman–Crippen LogP) is -0.668. The topological polar surface area (TPSA) is 92.8 Å². The van der Waals surface area contributed by atoms with Crippen LogP contribution in [0, 0.1) is 0 Å². The molecule has 0 aliphatic heterocycles. The number of carboxylic acids is 1. The molecular formula is C13H9N4O3-. The van der Waals surface area contributed by atoms with Gasteiger partial charge in [-0.3, -0.25) is 4.57 Å². The summed E-state index contributed by atoms with van der Waals surface area (Å²) in [6.07, 6.45) is 2.84. The Kier molecular flexibility index (Phi) is 2.79. The van der Waals surface area contributed by atoms with Crippen LogP contribution in [0.5, 0.6) is 0 Å². The van der Waals surface area contributed by atoms with Crippen LogP contribution in [0.25, 0.3) is 16.9 Å². The molecule has 1 aromatic carbocycles. The number of aromatic nitrogens is 4. The smallest absolute Gasteiger partial charge is 0.335 e. The number of carbonyl (C=O) groups excluding carboxylic acids is 1. The van der Waals surface area contributed by atoms with Crippen molar-refractivity contribution in [3.8, 4) is 5.82 Å². The second-order valence-corrected chi connectivity index (χ2v) is 4.13. The highest BCUT2D eigenvalue weighted by Crippen LogP contribution is 2.15. The minimum Gasteiger partial charge on any atom is -0.548 e. The number of aliphatic carboxylic acids is 1. The van der Waals surface area contributed by atoms with Crippen LogP contribution in [0.3, 0.4) is 0 Å². The fourth-order valence-electron chi connectivity index (χ4n) is 2.13. The van der Waals surface area contributed by atoms with Crippen LogP contribution in [0.1, 0.15) is 0 Å². The molecule has 3 aromatic rings. The zero-order valence-corrected chi connectivity index (χ0v) is 10.3. The van der Waals surface area contributed by atoms with Crippen LogP contribution in [0.4, 0.5) is 0 Å². The largest absolute Gasteiger partial charge is 0.548 e. The number of carboxylic acid groups (broad SMARTS) is 1. The van der Waals surface area contributed by atoms with Gasteiger partial charge in [0.15, 0.2) is 0 Å².